The molecule has 0 unspecified atom stereocenters. The number of hydrogen-bond donors (Lipinski definition) is 2. The molecular weight excluding hydrogens is 356 g/mol. The minimum Gasteiger partial charge on any atom is -0.474 e. The standard InChI is InChI=1S/C21H26N4O3/c1-2-22-21(27)24-20(26)19(16-8-4-3-5-9-16)25-14-11-17(12-15-25)28-18-10-6-7-13-23-18/h3-10,13,17,19H,2,11-12,14-15H2,1H3,(H2,22,24,26,27)/t19-/m0/s1. The average Bonchev–Trinajstić information content (AvgIpc) is 2.71. The van der Waals surface area contributed by atoms with Crippen LogP contribution < -0.4 is 15.4 Å². The van der Waals surface area contributed by atoms with E-state index < -0.39 is 12.1 Å². The number of benzene rings is 1. The van der Waals surface area contributed by atoms with Gasteiger partial charge in [-0.25, -0.2) is 9.78 Å². The molecule has 1 saturated heterocycles. The van der Waals surface area contributed by atoms with Crippen molar-refractivity contribution in [2.24, 2.45) is 0 Å². The fraction of sp³-hybridized carbons (Fsp3) is 0.381. The van der Waals surface area contributed by atoms with Gasteiger partial charge in [0.25, 0.3) is 0 Å². The quantitative estimate of drug-likeness (QED) is 0.802. The second kappa shape index (κ2) is 9.85. The van der Waals surface area contributed by atoms with E-state index in [1.54, 1.807) is 6.20 Å². The highest BCUT2D eigenvalue weighted by molar-refractivity contribution is 5.97. The minimum atomic E-state index is -0.514. The first-order valence-electron chi connectivity index (χ1n) is 9.62. The first kappa shape index (κ1) is 19.8. The van der Waals surface area contributed by atoms with Crippen LogP contribution in [0.4, 0.5) is 4.79 Å². The van der Waals surface area contributed by atoms with Gasteiger partial charge < -0.3 is 10.1 Å². The van der Waals surface area contributed by atoms with Crippen LogP contribution in [0.3, 0.4) is 0 Å². The van der Waals surface area contributed by atoms with Crippen LogP contribution in [0.5, 0.6) is 5.88 Å². The van der Waals surface area contributed by atoms with Gasteiger partial charge in [0.05, 0.1) is 0 Å². The summed E-state index contributed by atoms with van der Waals surface area (Å²) in [5.74, 6) is 0.302. The summed E-state index contributed by atoms with van der Waals surface area (Å²) in [7, 11) is 0. The molecule has 7 heteroatoms. The number of ether oxygens (including phenoxy) is 1. The largest absolute Gasteiger partial charge is 0.474 e. The van der Waals surface area contributed by atoms with Gasteiger partial charge in [-0.3, -0.25) is 15.0 Å². The number of carbonyl (C=O) groups excluding carboxylic acids is 2. The normalized spacial score (nSPS) is 16.2. The molecule has 3 rings (SSSR count). The molecule has 0 radical (unpaired) electrons. The zero-order valence-electron chi connectivity index (χ0n) is 16.0. The van der Waals surface area contributed by atoms with Crippen molar-refractivity contribution >= 4 is 11.9 Å². The Morgan fingerprint density at radius 1 is 1.14 bits per heavy atom. The SMILES string of the molecule is CCNC(=O)NC(=O)[C@H](c1ccccc1)N1CCC(Oc2ccccn2)CC1. The van der Waals surface area contributed by atoms with Gasteiger partial charge >= 0.3 is 6.03 Å². The van der Waals surface area contributed by atoms with Crippen LogP contribution in [-0.2, 0) is 4.79 Å². The lowest BCUT2D eigenvalue weighted by Gasteiger charge is -2.36. The summed E-state index contributed by atoms with van der Waals surface area (Å²) in [5, 5.41) is 5.06. The van der Waals surface area contributed by atoms with Crippen LogP contribution in [0.25, 0.3) is 0 Å². The third-order valence-electron chi connectivity index (χ3n) is 4.70. The molecule has 1 aromatic carbocycles. The zero-order chi connectivity index (χ0) is 19.8. The molecule has 0 spiro atoms. The molecule has 1 aliphatic heterocycles. The predicted molar refractivity (Wildman–Crippen MR) is 106 cm³/mol. The van der Waals surface area contributed by atoms with Crippen molar-refractivity contribution < 1.29 is 14.3 Å². The molecule has 2 N–H and O–H groups in total. The van der Waals surface area contributed by atoms with Gasteiger partial charge in [0.2, 0.25) is 11.8 Å². The van der Waals surface area contributed by atoms with Crippen molar-refractivity contribution in [3.8, 4) is 5.88 Å². The van der Waals surface area contributed by atoms with Gasteiger partial charge in [-0.15, -0.1) is 0 Å². The highest BCUT2D eigenvalue weighted by atomic mass is 16.5. The number of carbonyl (C=O) groups is 2. The van der Waals surface area contributed by atoms with Gasteiger partial charge in [-0.2, -0.15) is 0 Å². The van der Waals surface area contributed by atoms with E-state index in [1.807, 2.05) is 55.5 Å². The Bertz CT molecular complexity index is 762. The van der Waals surface area contributed by atoms with E-state index in [0.717, 1.165) is 18.4 Å². The van der Waals surface area contributed by atoms with Gasteiger partial charge in [0.15, 0.2) is 0 Å². The molecule has 0 aliphatic carbocycles. The lowest BCUT2D eigenvalue weighted by Crippen LogP contribution is -2.49. The third-order valence-corrected chi connectivity index (χ3v) is 4.70. The molecule has 0 bridgehead atoms. The van der Waals surface area contributed by atoms with E-state index in [4.69, 9.17) is 4.74 Å². The van der Waals surface area contributed by atoms with Crippen LogP contribution in [0.1, 0.15) is 31.4 Å². The number of nitrogens with zero attached hydrogens (tertiary/aromatic N) is 2. The molecular formula is C21H26N4O3. The highest BCUT2D eigenvalue weighted by Crippen LogP contribution is 2.26. The van der Waals surface area contributed by atoms with E-state index in [-0.39, 0.29) is 12.0 Å². The Labute approximate surface area is 165 Å². The lowest BCUT2D eigenvalue weighted by atomic mass is 9.99. The van der Waals surface area contributed by atoms with Crippen molar-refractivity contribution in [2.45, 2.75) is 31.9 Å². The zero-order valence-corrected chi connectivity index (χ0v) is 16.0. The van der Waals surface area contributed by atoms with Crippen LogP contribution in [0, 0.1) is 0 Å². The maximum Gasteiger partial charge on any atom is 0.321 e. The number of rotatable bonds is 6. The summed E-state index contributed by atoms with van der Waals surface area (Å²) in [5.41, 5.74) is 0.869. The van der Waals surface area contributed by atoms with E-state index in [9.17, 15) is 9.59 Å². The summed E-state index contributed by atoms with van der Waals surface area (Å²) in [6.45, 7) is 3.66. The fourth-order valence-corrected chi connectivity index (χ4v) is 3.39. The van der Waals surface area contributed by atoms with Gasteiger partial charge in [-0.05, 0) is 31.4 Å². The van der Waals surface area contributed by atoms with Gasteiger partial charge in [-0.1, -0.05) is 36.4 Å². The molecule has 1 fully saturated rings. The molecule has 7 nitrogen and oxygen atoms in total. The fourth-order valence-electron chi connectivity index (χ4n) is 3.39. The maximum absolute atomic E-state index is 12.8. The van der Waals surface area contributed by atoms with E-state index in [0.29, 0.717) is 25.5 Å². The maximum atomic E-state index is 12.8. The van der Waals surface area contributed by atoms with E-state index in [1.165, 1.54) is 0 Å². The molecule has 1 atom stereocenters. The average molecular weight is 382 g/mol. The Kier molecular flexibility index (Phi) is 6.97. The number of imide groups is 1. The Morgan fingerprint density at radius 2 is 1.86 bits per heavy atom. The number of pyridine rings is 1. The molecule has 1 aromatic heterocycles. The molecule has 1 aliphatic rings. The number of aromatic nitrogens is 1. The van der Waals surface area contributed by atoms with Crippen molar-refractivity contribution in [3.63, 3.8) is 0 Å². The van der Waals surface area contributed by atoms with Crippen LogP contribution in [0.2, 0.25) is 0 Å². The smallest absolute Gasteiger partial charge is 0.321 e. The minimum absolute atomic E-state index is 0.0639. The monoisotopic (exact) mass is 382 g/mol. The van der Waals surface area contributed by atoms with Crippen molar-refractivity contribution in [2.75, 3.05) is 19.6 Å². The van der Waals surface area contributed by atoms with Gasteiger partial charge in [0, 0.05) is 31.9 Å². The second-order valence-corrected chi connectivity index (χ2v) is 6.68. The third kappa shape index (κ3) is 5.29. The van der Waals surface area contributed by atoms with E-state index in [2.05, 4.69) is 20.5 Å². The molecule has 2 aromatic rings. The Balaban J connectivity index is 1.66. The predicted octanol–water partition coefficient (Wildman–Crippen LogP) is 2.51. The van der Waals surface area contributed by atoms with Crippen LogP contribution in [-0.4, -0.2) is 47.6 Å². The van der Waals surface area contributed by atoms with E-state index >= 15 is 0 Å². The van der Waals surface area contributed by atoms with Crippen LogP contribution in [0.15, 0.2) is 54.7 Å². The molecule has 3 amide bonds. The molecule has 28 heavy (non-hydrogen) atoms. The number of hydrogen-bond acceptors (Lipinski definition) is 5. The number of urea groups is 1. The van der Waals surface area contributed by atoms with Crippen molar-refractivity contribution in [1.29, 1.82) is 0 Å². The second-order valence-electron chi connectivity index (χ2n) is 6.68. The Morgan fingerprint density at radius 3 is 2.50 bits per heavy atom. The number of likely N-dealkylation sites (tertiary alicyclic amines) is 1. The first-order valence-corrected chi connectivity index (χ1v) is 9.62. The summed E-state index contributed by atoms with van der Waals surface area (Å²) < 4.78 is 5.94. The molecule has 0 saturated carbocycles. The molecule has 148 valence electrons. The summed E-state index contributed by atoms with van der Waals surface area (Å²) in [6, 6.07) is 14.2. The first-order chi connectivity index (χ1) is 13.7. The van der Waals surface area contributed by atoms with Gasteiger partial charge in [0.1, 0.15) is 12.1 Å². The lowest BCUT2D eigenvalue weighted by molar-refractivity contribution is -0.126. The molecule has 2 heterocycles. The van der Waals surface area contributed by atoms with Crippen molar-refractivity contribution in [3.05, 3.63) is 60.3 Å². The summed E-state index contributed by atoms with van der Waals surface area (Å²) in [6.07, 6.45) is 3.35. The summed E-state index contributed by atoms with van der Waals surface area (Å²) >= 11 is 0. The summed E-state index contributed by atoms with van der Waals surface area (Å²) in [4.78, 5) is 31.0. The van der Waals surface area contributed by atoms with Crippen LogP contribution >= 0.6 is 0 Å². The highest BCUT2D eigenvalue weighted by Gasteiger charge is 2.32. The number of piperidine rings is 1. The Hall–Kier alpha value is -2.93. The number of amides is 3. The number of nitrogens with one attached hydrogen (secondary N) is 2. The van der Waals surface area contributed by atoms with Crippen molar-refractivity contribution in [1.82, 2.24) is 20.5 Å². The topological polar surface area (TPSA) is 83.6 Å².